The average molecular weight is 445 g/mol. The van der Waals surface area contributed by atoms with E-state index in [1.807, 2.05) is 12.1 Å². The van der Waals surface area contributed by atoms with Gasteiger partial charge in [0.05, 0.1) is 0 Å². The average Bonchev–Trinajstić information content (AvgIpc) is 2.80. The van der Waals surface area contributed by atoms with Gasteiger partial charge in [-0.3, -0.25) is 0 Å². The zero-order valence-corrected chi connectivity index (χ0v) is 21.9. The standard InChI is InChI=1S/C31H56O/c1-3-5-7-9-11-13-15-17-19-21-25-29(30-27-23-24-28-31(30)32)26-22-20-18-16-14-12-10-8-6-4-2/h23-24,27-29,32H,3-22,25-26H2,1-2H3. The lowest BCUT2D eigenvalue weighted by molar-refractivity contribution is 0.437. The maximum Gasteiger partial charge on any atom is 0.119 e. The van der Waals surface area contributed by atoms with E-state index >= 15 is 0 Å². The molecule has 1 nitrogen and oxygen atoms in total. The summed E-state index contributed by atoms with van der Waals surface area (Å²) in [6.45, 7) is 4.58. The molecule has 0 bridgehead atoms. The predicted octanol–water partition coefficient (Wildman–Crippen LogP) is 11.1. The van der Waals surface area contributed by atoms with Gasteiger partial charge in [-0.15, -0.1) is 0 Å². The molecule has 0 atom stereocenters. The molecule has 1 aromatic carbocycles. The second kappa shape index (κ2) is 21.8. The van der Waals surface area contributed by atoms with Crippen molar-refractivity contribution in [2.75, 3.05) is 0 Å². The van der Waals surface area contributed by atoms with Crippen molar-refractivity contribution in [3.63, 3.8) is 0 Å². The van der Waals surface area contributed by atoms with Crippen LogP contribution in [0.25, 0.3) is 0 Å². The van der Waals surface area contributed by atoms with Crippen molar-refractivity contribution in [3.05, 3.63) is 29.8 Å². The third kappa shape index (κ3) is 15.8. The van der Waals surface area contributed by atoms with Crippen LogP contribution in [0.15, 0.2) is 24.3 Å². The third-order valence-corrected chi connectivity index (χ3v) is 7.19. The van der Waals surface area contributed by atoms with Crippen LogP contribution < -0.4 is 0 Å². The summed E-state index contributed by atoms with van der Waals surface area (Å²) < 4.78 is 0. The molecule has 0 saturated heterocycles. The van der Waals surface area contributed by atoms with Crippen LogP contribution in [-0.2, 0) is 0 Å². The number of para-hydroxylation sites is 1. The van der Waals surface area contributed by atoms with Crippen LogP contribution in [0.5, 0.6) is 5.75 Å². The maximum atomic E-state index is 10.4. The SMILES string of the molecule is CCCCCCCCCCCCC(CCCCCCCCCCCC)c1ccccc1O. The summed E-state index contributed by atoms with van der Waals surface area (Å²) in [7, 11) is 0. The van der Waals surface area contributed by atoms with Crippen LogP contribution in [0.3, 0.4) is 0 Å². The summed E-state index contributed by atoms with van der Waals surface area (Å²) >= 11 is 0. The molecule has 0 heterocycles. The highest BCUT2D eigenvalue weighted by molar-refractivity contribution is 5.34. The van der Waals surface area contributed by atoms with Gasteiger partial charge in [-0.25, -0.2) is 0 Å². The predicted molar refractivity (Wildman–Crippen MR) is 144 cm³/mol. The zero-order chi connectivity index (χ0) is 23.1. The normalized spacial score (nSPS) is 11.5. The van der Waals surface area contributed by atoms with E-state index < -0.39 is 0 Å². The second-order valence-electron chi connectivity index (χ2n) is 10.2. The molecule has 0 aliphatic carbocycles. The molecule has 0 aromatic heterocycles. The molecule has 0 unspecified atom stereocenters. The third-order valence-electron chi connectivity index (χ3n) is 7.19. The number of hydrogen-bond acceptors (Lipinski definition) is 1. The lowest BCUT2D eigenvalue weighted by Crippen LogP contribution is -2.00. The van der Waals surface area contributed by atoms with Gasteiger partial charge >= 0.3 is 0 Å². The number of aromatic hydroxyl groups is 1. The molecule has 0 aliphatic heterocycles. The number of phenols is 1. The van der Waals surface area contributed by atoms with E-state index in [9.17, 15) is 5.11 Å². The quantitative estimate of drug-likeness (QED) is 0.166. The number of hydrogen-bond donors (Lipinski definition) is 1. The Morgan fingerprint density at radius 2 is 0.844 bits per heavy atom. The van der Waals surface area contributed by atoms with E-state index in [1.165, 1.54) is 147 Å². The Bertz CT molecular complexity index is 485. The van der Waals surface area contributed by atoms with Gasteiger partial charge < -0.3 is 5.11 Å². The Morgan fingerprint density at radius 3 is 1.22 bits per heavy atom. The second-order valence-corrected chi connectivity index (χ2v) is 10.2. The monoisotopic (exact) mass is 444 g/mol. The first-order valence-electron chi connectivity index (χ1n) is 14.6. The first kappa shape index (κ1) is 29.1. The van der Waals surface area contributed by atoms with Gasteiger partial charge in [0.25, 0.3) is 0 Å². The van der Waals surface area contributed by atoms with Crippen molar-refractivity contribution in [2.45, 2.75) is 161 Å². The highest BCUT2D eigenvalue weighted by Crippen LogP contribution is 2.34. The summed E-state index contributed by atoms with van der Waals surface area (Å²) in [5.74, 6) is 1.05. The molecule has 1 heteroatoms. The lowest BCUT2D eigenvalue weighted by atomic mass is 9.87. The van der Waals surface area contributed by atoms with Crippen LogP contribution in [0.4, 0.5) is 0 Å². The molecule has 0 fully saturated rings. The van der Waals surface area contributed by atoms with Crippen LogP contribution in [0, 0.1) is 0 Å². The Labute approximate surface area is 201 Å². The molecular weight excluding hydrogens is 388 g/mol. The van der Waals surface area contributed by atoms with Crippen molar-refractivity contribution < 1.29 is 5.11 Å². The minimum atomic E-state index is 0.511. The Kier molecular flexibility index (Phi) is 19.8. The molecule has 1 aromatic rings. The topological polar surface area (TPSA) is 20.2 Å². The molecule has 0 radical (unpaired) electrons. The molecule has 32 heavy (non-hydrogen) atoms. The summed E-state index contributed by atoms with van der Waals surface area (Å²) in [5.41, 5.74) is 1.19. The largest absolute Gasteiger partial charge is 0.508 e. The number of rotatable bonds is 23. The Morgan fingerprint density at radius 1 is 0.500 bits per heavy atom. The van der Waals surface area contributed by atoms with Crippen molar-refractivity contribution in [1.29, 1.82) is 0 Å². The number of unbranched alkanes of at least 4 members (excludes halogenated alkanes) is 18. The summed E-state index contributed by atoms with van der Waals surface area (Å²) in [6, 6.07) is 8.09. The van der Waals surface area contributed by atoms with Crippen molar-refractivity contribution in [1.82, 2.24) is 0 Å². The van der Waals surface area contributed by atoms with Crippen LogP contribution >= 0.6 is 0 Å². The first-order valence-corrected chi connectivity index (χ1v) is 14.6. The highest BCUT2D eigenvalue weighted by atomic mass is 16.3. The summed E-state index contributed by atoms with van der Waals surface area (Å²) in [6.07, 6.45) is 30.4. The highest BCUT2D eigenvalue weighted by Gasteiger charge is 2.14. The van der Waals surface area contributed by atoms with Gasteiger partial charge in [0, 0.05) is 0 Å². The molecule has 1 rings (SSSR count). The molecule has 0 saturated carbocycles. The fourth-order valence-corrected chi connectivity index (χ4v) is 5.04. The van der Waals surface area contributed by atoms with Gasteiger partial charge in [0.1, 0.15) is 5.75 Å². The van der Waals surface area contributed by atoms with Gasteiger partial charge in [0.2, 0.25) is 0 Å². The molecule has 1 N–H and O–H groups in total. The van der Waals surface area contributed by atoms with E-state index in [0.717, 1.165) is 0 Å². The molecule has 186 valence electrons. The molecule has 0 aliphatic rings. The summed E-state index contributed by atoms with van der Waals surface area (Å²) in [4.78, 5) is 0. The minimum Gasteiger partial charge on any atom is -0.508 e. The Hall–Kier alpha value is -0.980. The van der Waals surface area contributed by atoms with E-state index in [-0.39, 0.29) is 0 Å². The van der Waals surface area contributed by atoms with Crippen LogP contribution in [-0.4, -0.2) is 5.11 Å². The van der Waals surface area contributed by atoms with E-state index in [0.29, 0.717) is 11.7 Å². The van der Waals surface area contributed by atoms with Crippen molar-refractivity contribution in [2.24, 2.45) is 0 Å². The maximum absolute atomic E-state index is 10.4. The Balaban J connectivity index is 2.18. The molecular formula is C31H56O. The van der Waals surface area contributed by atoms with Gasteiger partial charge in [0.15, 0.2) is 0 Å². The van der Waals surface area contributed by atoms with Crippen LogP contribution in [0.2, 0.25) is 0 Å². The number of phenolic OH excluding ortho intramolecular Hbond substituents is 1. The van der Waals surface area contributed by atoms with Crippen molar-refractivity contribution in [3.8, 4) is 5.75 Å². The van der Waals surface area contributed by atoms with Gasteiger partial charge in [-0.05, 0) is 30.4 Å². The molecule has 0 spiro atoms. The van der Waals surface area contributed by atoms with E-state index in [1.54, 1.807) is 0 Å². The fourth-order valence-electron chi connectivity index (χ4n) is 5.04. The smallest absolute Gasteiger partial charge is 0.119 e. The first-order chi connectivity index (χ1) is 15.8. The van der Waals surface area contributed by atoms with Crippen molar-refractivity contribution >= 4 is 0 Å². The lowest BCUT2D eigenvalue weighted by Gasteiger charge is -2.19. The van der Waals surface area contributed by atoms with E-state index in [2.05, 4.69) is 26.0 Å². The minimum absolute atomic E-state index is 0.511. The fraction of sp³-hybridized carbons (Fsp3) is 0.806. The number of benzene rings is 1. The zero-order valence-electron chi connectivity index (χ0n) is 21.9. The van der Waals surface area contributed by atoms with Gasteiger partial charge in [-0.1, -0.05) is 160 Å². The van der Waals surface area contributed by atoms with E-state index in [4.69, 9.17) is 0 Å². The van der Waals surface area contributed by atoms with Gasteiger partial charge in [-0.2, -0.15) is 0 Å². The molecule has 0 amide bonds. The van der Waals surface area contributed by atoms with Crippen LogP contribution in [0.1, 0.15) is 167 Å². The summed E-state index contributed by atoms with van der Waals surface area (Å²) in [5, 5.41) is 10.4.